The summed E-state index contributed by atoms with van der Waals surface area (Å²) in [5.74, 6) is -1.95. The van der Waals surface area contributed by atoms with Crippen LogP contribution in [-0.4, -0.2) is 16.2 Å². The van der Waals surface area contributed by atoms with E-state index < -0.39 is 44.7 Å². The molecule has 2 N–H and O–H groups in total. The predicted octanol–water partition coefficient (Wildman–Crippen LogP) is 3.45. The normalized spacial score (nSPS) is 14.2. The fraction of sp³-hybridized carbons (Fsp3) is 0.300. The minimum atomic E-state index is -5.11. The molecule has 0 aliphatic carbocycles. The number of benzene rings is 1. The summed E-state index contributed by atoms with van der Waals surface area (Å²) in [6.45, 7) is 0. The summed E-state index contributed by atoms with van der Waals surface area (Å²) in [7, 11) is 0. The Labute approximate surface area is 121 Å². The Bertz CT molecular complexity index is 502. The van der Waals surface area contributed by atoms with Gasteiger partial charge in [-0.2, -0.15) is 26.3 Å². The second kappa shape index (κ2) is 5.39. The molecule has 1 aromatic rings. The van der Waals surface area contributed by atoms with E-state index >= 15 is 0 Å². The Morgan fingerprint density at radius 2 is 1.40 bits per heavy atom. The van der Waals surface area contributed by atoms with Crippen LogP contribution in [0.1, 0.15) is 22.8 Å². The molecule has 0 spiro atoms. The summed E-state index contributed by atoms with van der Waals surface area (Å²) in [5, 5.41) is 17.6. The number of rotatable bonds is 2. The third-order valence-electron chi connectivity index (χ3n) is 2.26. The lowest BCUT2D eigenvalue weighted by Gasteiger charge is -2.18. The topological polar surface area (TPSA) is 57.5 Å². The molecule has 1 atom stereocenters. The number of aliphatic hydroxyl groups is 1. The van der Waals surface area contributed by atoms with Crippen molar-refractivity contribution >= 4 is 28.6 Å². The first-order valence-electron chi connectivity index (χ1n) is 4.74. The van der Waals surface area contributed by atoms with Crippen LogP contribution in [0.5, 0.6) is 0 Å². The van der Waals surface area contributed by atoms with Crippen molar-refractivity contribution < 1.29 is 41.4 Å². The van der Waals surface area contributed by atoms with Crippen LogP contribution in [0.4, 0.5) is 26.3 Å². The fourth-order valence-electron chi connectivity index (χ4n) is 1.36. The van der Waals surface area contributed by atoms with Crippen LogP contribution in [0.3, 0.4) is 0 Å². The summed E-state index contributed by atoms with van der Waals surface area (Å²) in [6.07, 6.45) is -12.7. The molecule has 1 aromatic carbocycles. The molecular formula is C10H5F6IO3. The number of hydrogen-bond donors (Lipinski definition) is 2. The fourth-order valence-corrected chi connectivity index (χ4v) is 2.28. The molecule has 10 heteroatoms. The van der Waals surface area contributed by atoms with Crippen LogP contribution in [-0.2, 0) is 17.1 Å². The average molecular weight is 414 g/mol. The van der Waals surface area contributed by atoms with Crippen molar-refractivity contribution in [3.05, 3.63) is 32.4 Å². The first-order valence-corrected chi connectivity index (χ1v) is 5.82. The van der Waals surface area contributed by atoms with Gasteiger partial charge in [0.1, 0.15) is 0 Å². The molecule has 20 heavy (non-hydrogen) atoms. The van der Waals surface area contributed by atoms with Crippen molar-refractivity contribution in [2.75, 3.05) is 0 Å². The highest BCUT2D eigenvalue weighted by Crippen LogP contribution is 2.41. The minimum absolute atomic E-state index is 0.190. The lowest BCUT2D eigenvalue weighted by atomic mass is 10.0. The Kier molecular flexibility index (Phi) is 4.58. The molecule has 3 nitrogen and oxygen atoms in total. The quantitative estimate of drug-likeness (QED) is 0.576. The first kappa shape index (κ1) is 17.0. The number of alkyl halides is 6. The maximum Gasteiger partial charge on any atom is 0.417 e. The second-order valence-electron chi connectivity index (χ2n) is 3.67. The summed E-state index contributed by atoms with van der Waals surface area (Å²) in [4.78, 5) is 10.5. The molecule has 112 valence electrons. The molecule has 0 fully saturated rings. The van der Waals surface area contributed by atoms with Crippen LogP contribution in [0.2, 0.25) is 0 Å². The molecular weight excluding hydrogens is 409 g/mol. The summed E-state index contributed by atoms with van der Waals surface area (Å²) in [5.41, 5.74) is -4.29. The monoisotopic (exact) mass is 414 g/mol. The number of hydrogen-bond acceptors (Lipinski definition) is 2. The van der Waals surface area contributed by atoms with Gasteiger partial charge in [-0.25, -0.2) is 4.79 Å². The molecule has 0 aliphatic rings. The van der Waals surface area contributed by atoms with Gasteiger partial charge in [0.25, 0.3) is 0 Å². The Morgan fingerprint density at radius 1 is 1.05 bits per heavy atom. The van der Waals surface area contributed by atoms with Crippen molar-refractivity contribution in [2.24, 2.45) is 0 Å². The molecule has 0 amide bonds. The Hall–Kier alpha value is -1.04. The van der Waals surface area contributed by atoms with E-state index in [0.717, 1.165) is 22.6 Å². The summed E-state index contributed by atoms with van der Waals surface area (Å²) >= 11 is 0.880. The number of carbonyl (C=O) groups is 1. The van der Waals surface area contributed by atoms with Gasteiger partial charge in [0.15, 0.2) is 6.10 Å². The summed E-state index contributed by atoms with van der Waals surface area (Å²) < 4.78 is 74.9. The number of carboxylic acid groups (broad SMARTS) is 1. The van der Waals surface area contributed by atoms with Crippen molar-refractivity contribution in [3.8, 4) is 0 Å². The number of carboxylic acids is 1. The lowest BCUT2D eigenvalue weighted by molar-refractivity contribution is -0.149. The molecule has 0 saturated carbocycles. The zero-order valence-electron chi connectivity index (χ0n) is 9.18. The van der Waals surface area contributed by atoms with Crippen LogP contribution in [0.25, 0.3) is 0 Å². The van der Waals surface area contributed by atoms with Gasteiger partial charge in [-0.15, -0.1) is 0 Å². The van der Waals surface area contributed by atoms with E-state index in [2.05, 4.69) is 0 Å². The maximum absolute atomic E-state index is 12.7. The molecule has 0 bridgehead atoms. The number of halogens is 7. The van der Waals surface area contributed by atoms with Gasteiger partial charge < -0.3 is 10.2 Å². The van der Waals surface area contributed by atoms with E-state index in [4.69, 9.17) is 10.2 Å². The highest BCUT2D eigenvalue weighted by Gasteiger charge is 2.41. The molecule has 0 heterocycles. The van der Waals surface area contributed by atoms with Gasteiger partial charge in [-0.3, -0.25) is 0 Å². The van der Waals surface area contributed by atoms with E-state index in [1.165, 1.54) is 0 Å². The standard InChI is InChI=1S/C10H5F6IO3/c11-9(12,13)4-1-3(7(18)8(19)20)2-5(6(4)17)10(14,15)16/h1-2,7,18H,(H,19,20). The molecule has 0 saturated heterocycles. The minimum Gasteiger partial charge on any atom is -0.479 e. The predicted molar refractivity (Wildman–Crippen MR) is 61.8 cm³/mol. The Morgan fingerprint density at radius 3 is 1.65 bits per heavy atom. The van der Waals surface area contributed by atoms with Gasteiger partial charge >= 0.3 is 18.3 Å². The SMILES string of the molecule is O=C(O)C(O)c1cc(C(F)(F)F)c(I)c(C(F)(F)F)c1. The lowest BCUT2D eigenvalue weighted by Crippen LogP contribution is -2.18. The second-order valence-corrected chi connectivity index (χ2v) is 4.75. The van der Waals surface area contributed by atoms with Crippen LogP contribution in [0, 0.1) is 3.57 Å². The largest absolute Gasteiger partial charge is 0.479 e. The van der Waals surface area contributed by atoms with E-state index in [1.807, 2.05) is 0 Å². The smallest absolute Gasteiger partial charge is 0.417 e. The zero-order valence-corrected chi connectivity index (χ0v) is 11.3. The first-order chi connectivity index (χ1) is 8.85. The van der Waals surface area contributed by atoms with Crippen molar-refractivity contribution in [1.29, 1.82) is 0 Å². The molecule has 0 aromatic heterocycles. The number of aliphatic hydroxyl groups excluding tert-OH is 1. The van der Waals surface area contributed by atoms with E-state index in [1.54, 1.807) is 0 Å². The Balaban J connectivity index is 3.63. The van der Waals surface area contributed by atoms with Crippen LogP contribution >= 0.6 is 22.6 Å². The average Bonchev–Trinajstić information content (AvgIpc) is 2.24. The molecule has 0 radical (unpaired) electrons. The van der Waals surface area contributed by atoms with Crippen LogP contribution < -0.4 is 0 Å². The molecule has 1 unspecified atom stereocenters. The van der Waals surface area contributed by atoms with E-state index in [-0.39, 0.29) is 12.1 Å². The van der Waals surface area contributed by atoms with Crippen molar-refractivity contribution in [2.45, 2.75) is 18.5 Å². The third kappa shape index (κ3) is 3.53. The van der Waals surface area contributed by atoms with Crippen molar-refractivity contribution in [3.63, 3.8) is 0 Å². The maximum atomic E-state index is 12.7. The van der Waals surface area contributed by atoms with Gasteiger partial charge in [-0.05, 0) is 40.3 Å². The molecule has 1 rings (SSSR count). The van der Waals surface area contributed by atoms with Gasteiger partial charge in [0, 0.05) is 3.57 Å². The molecule has 0 aliphatic heterocycles. The van der Waals surface area contributed by atoms with Crippen LogP contribution in [0.15, 0.2) is 12.1 Å². The van der Waals surface area contributed by atoms with Gasteiger partial charge in [0.2, 0.25) is 0 Å². The summed E-state index contributed by atoms with van der Waals surface area (Å²) in [6, 6.07) is 0.381. The van der Waals surface area contributed by atoms with Gasteiger partial charge in [-0.1, -0.05) is 0 Å². The third-order valence-corrected chi connectivity index (χ3v) is 3.42. The van der Waals surface area contributed by atoms with Gasteiger partial charge in [0.05, 0.1) is 11.1 Å². The zero-order chi connectivity index (χ0) is 15.9. The van der Waals surface area contributed by atoms with Crippen molar-refractivity contribution in [1.82, 2.24) is 0 Å². The van der Waals surface area contributed by atoms with E-state index in [0.29, 0.717) is 0 Å². The number of aliphatic carboxylic acids is 1. The highest BCUT2D eigenvalue weighted by molar-refractivity contribution is 14.1. The van der Waals surface area contributed by atoms with E-state index in [9.17, 15) is 31.1 Å². The highest BCUT2D eigenvalue weighted by atomic mass is 127.